The summed E-state index contributed by atoms with van der Waals surface area (Å²) >= 11 is 6.15. The fourth-order valence-corrected chi connectivity index (χ4v) is 4.12. The van der Waals surface area contributed by atoms with Gasteiger partial charge in [0.1, 0.15) is 17.3 Å². The van der Waals surface area contributed by atoms with Gasteiger partial charge in [-0.05, 0) is 42.8 Å². The number of nitrogens with zero attached hydrogens (tertiary/aromatic N) is 1. The third-order valence-electron chi connectivity index (χ3n) is 5.38. The summed E-state index contributed by atoms with van der Waals surface area (Å²) in [5, 5.41) is 11.7. The van der Waals surface area contributed by atoms with E-state index in [-0.39, 0.29) is 16.9 Å². The summed E-state index contributed by atoms with van der Waals surface area (Å²) in [6, 6.07) is 19.9. The summed E-state index contributed by atoms with van der Waals surface area (Å²) in [7, 11) is 1.45. The summed E-state index contributed by atoms with van der Waals surface area (Å²) in [6.07, 6.45) is 0. The summed E-state index contributed by atoms with van der Waals surface area (Å²) in [6.45, 7) is 2.32. The molecule has 1 heterocycles. The molecule has 33 heavy (non-hydrogen) atoms. The molecule has 0 aliphatic carbocycles. The van der Waals surface area contributed by atoms with E-state index < -0.39 is 17.7 Å². The van der Waals surface area contributed by atoms with Gasteiger partial charge < -0.3 is 14.6 Å². The maximum atomic E-state index is 13.3. The molecule has 7 heteroatoms. The van der Waals surface area contributed by atoms with Gasteiger partial charge in [-0.3, -0.25) is 14.5 Å². The Hall–Kier alpha value is -3.77. The molecule has 1 unspecified atom stereocenters. The van der Waals surface area contributed by atoms with Gasteiger partial charge in [-0.2, -0.15) is 0 Å². The van der Waals surface area contributed by atoms with Crippen LogP contribution in [0.2, 0.25) is 5.02 Å². The number of aliphatic hydroxyl groups is 1. The van der Waals surface area contributed by atoms with Crippen molar-refractivity contribution in [2.75, 3.05) is 18.6 Å². The molecule has 1 N–H and O–H groups in total. The first kappa shape index (κ1) is 22.4. The van der Waals surface area contributed by atoms with Crippen LogP contribution in [-0.4, -0.2) is 30.5 Å². The molecule has 3 aromatic carbocycles. The molecular weight excluding hydrogens is 442 g/mol. The van der Waals surface area contributed by atoms with Gasteiger partial charge in [0.2, 0.25) is 0 Å². The van der Waals surface area contributed by atoms with Gasteiger partial charge in [-0.1, -0.05) is 48.0 Å². The van der Waals surface area contributed by atoms with Crippen LogP contribution in [0.3, 0.4) is 0 Å². The zero-order valence-corrected chi connectivity index (χ0v) is 18.9. The number of ketones is 1. The van der Waals surface area contributed by atoms with Crippen molar-refractivity contribution in [1.29, 1.82) is 0 Å². The van der Waals surface area contributed by atoms with E-state index in [4.69, 9.17) is 21.1 Å². The largest absolute Gasteiger partial charge is 0.507 e. The Balaban J connectivity index is 1.95. The molecule has 0 saturated carbocycles. The zero-order chi connectivity index (χ0) is 23.5. The Bertz CT molecular complexity index is 1240. The normalized spacial score (nSPS) is 17.3. The van der Waals surface area contributed by atoms with E-state index in [1.54, 1.807) is 48.5 Å². The molecular formula is C26H22ClNO5. The van der Waals surface area contributed by atoms with Crippen molar-refractivity contribution in [2.45, 2.75) is 13.0 Å². The van der Waals surface area contributed by atoms with Gasteiger partial charge in [0.05, 0.1) is 30.9 Å². The third-order valence-corrected chi connectivity index (χ3v) is 5.62. The fraction of sp³-hybridized carbons (Fsp3) is 0.154. The Morgan fingerprint density at radius 2 is 1.79 bits per heavy atom. The van der Waals surface area contributed by atoms with Gasteiger partial charge in [0.15, 0.2) is 0 Å². The minimum absolute atomic E-state index is 0.0476. The highest BCUT2D eigenvalue weighted by Gasteiger charge is 2.47. The number of amides is 1. The molecule has 0 radical (unpaired) electrons. The van der Waals surface area contributed by atoms with Crippen LogP contribution >= 0.6 is 11.6 Å². The number of halogens is 1. The van der Waals surface area contributed by atoms with Crippen molar-refractivity contribution in [1.82, 2.24) is 0 Å². The number of ether oxygens (including phenoxy) is 2. The Kier molecular flexibility index (Phi) is 6.38. The number of carbonyl (C=O) groups is 2. The summed E-state index contributed by atoms with van der Waals surface area (Å²) in [5.74, 6) is -1.01. The molecule has 4 rings (SSSR count). The molecule has 168 valence electrons. The maximum Gasteiger partial charge on any atom is 0.300 e. The van der Waals surface area contributed by atoms with E-state index in [9.17, 15) is 14.7 Å². The lowest BCUT2D eigenvalue weighted by molar-refractivity contribution is -0.132. The molecule has 1 saturated heterocycles. The van der Waals surface area contributed by atoms with Crippen LogP contribution in [0.1, 0.15) is 24.1 Å². The Labute approximate surface area is 196 Å². The Morgan fingerprint density at radius 1 is 1.03 bits per heavy atom. The lowest BCUT2D eigenvalue weighted by atomic mass is 9.95. The number of hydrogen-bond donors (Lipinski definition) is 1. The van der Waals surface area contributed by atoms with Crippen LogP contribution < -0.4 is 14.4 Å². The molecule has 0 spiro atoms. The van der Waals surface area contributed by atoms with Crippen molar-refractivity contribution in [2.24, 2.45) is 0 Å². The first-order valence-corrected chi connectivity index (χ1v) is 10.8. The standard InChI is InChI=1S/C26H22ClNO5/c1-3-33-19-11-7-10-18(15-19)28-23(16-8-5-4-6-9-16)22(25(30)26(28)31)24(29)20-14-17(27)12-13-21(20)32-2/h4-15,23,29H,3H2,1-2H3/b24-22+. The lowest BCUT2D eigenvalue weighted by Gasteiger charge is -2.26. The van der Waals surface area contributed by atoms with Crippen LogP contribution in [0, 0.1) is 0 Å². The van der Waals surface area contributed by atoms with Gasteiger partial charge >= 0.3 is 0 Å². The maximum absolute atomic E-state index is 13.3. The topological polar surface area (TPSA) is 76.1 Å². The monoisotopic (exact) mass is 463 g/mol. The number of methoxy groups -OCH3 is 1. The number of carbonyl (C=O) groups excluding carboxylic acids is 2. The van der Waals surface area contributed by atoms with E-state index in [1.807, 2.05) is 25.1 Å². The van der Waals surface area contributed by atoms with Gasteiger partial charge in [0.25, 0.3) is 11.7 Å². The van der Waals surface area contributed by atoms with Gasteiger partial charge in [-0.25, -0.2) is 0 Å². The first-order valence-electron chi connectivity index (χ1n) is 10.4. The fourth-order valence-electron chi connectivity index (χ4n) is 3.95. The van der Waals surface area contributed by atoms with Crippen LogP contribution in [-0.2, 0) is 9.59 Å². The minimum Gasteiger partial charge on any atom is -0.507 e. The number of hydrogen-bond acceptors (Lipinski definition) is 5. The zero-order valence-electron chi connectivity index (χ0n) is 18.1. The predicted octanol–water partition coefficient (Wildman–Crippen LogP) is 5.37. The van der Waals surface area contributed by atoms with Crippen molar-refractivity contribution in [3.63, 3.8) is 0 Å². The average Bonchev–Trinajstić information content (AvgIpc) is 3.10. The van der Waals surface area contributed by atoms with Crippen molar-refractivity contribution < 1.29 is 24.2 Å². The number of Topliss-reactive ketones (excluding diaryl/α,β-unsaturated/α-hetero) is 1. The number of rotatable bonds is 6. The van der Waals surface area contributed by atoms with E-state index in [0.29, 0.717) is 34.4 Å². The van der Waals surface area contributed by atoms with E-state index in [0.717, 1.165) is 0 Å². The smallest absolute Gasteiger partial charge is 0.300 e. The molecule has 3 aromatic rings. The molecule has 6 nitrogen and oxygen atoms in total. The van der Waals surface area contributed by atoms with E-state index >= 15 is 0 Å². The van der Waals surface area contributed by atoms with E-state index in [2.05, 4.69) is 0 Å². The summed E-state index contributed by atoms with van der Waals surface area (Å²) in [5.41, 5.74) is 1.33. The average molecular weight is 464 g/mol. The van der Waals surface area contributed by atoms with Gasteiger partial charge in [0, 0.05) is 16.8 Å². The van der Waals surface area contributed by atoms with Crippen LogP contribution in [0.4, 0.5) is 5.69 Å². The second-order valence-electron chi connectivity index (χ2n) is 7.35. The van der Waals surface area contributed by atoms with Crippen LogP contribution in [0.15, 0.2) is 78.4 Å². The summed E-state index contributed by atoms with van der Waals surface area (Å²) in [4.78, 5) is 27.9. The first-order chi connectivity index (χ1) is 16.0. The van der Waals surface area contributed by atoms with Crippen LogP contribution in [0.25, 0.3) is 5.76 Å². The SMILES string of the molecule is CCOc1cccc(N2C(=O)C(=O)/C(=C(/O)c3cc(Cl)ccc3OC)C2c2ccccc2)c1. The highest BCUT2D eigenvalue weighted by molar-refractivity contribution is 6.51. The van der Waals surface area contributed by atoms with Crippen molar-refractivity contribution in [3.05, 3.63) is 94.5 Å². The van der Waals surface area contributed by atoms with Crippen molar-refractivity contribution >= 4 is 34.7 Å². The number of anilines is 1. The molecule has 1 atom stereocenters. The Morgan fingerprint density at radius 3 is 2.48 bits per heavy atom. The third kappa shape index (κ3) is 4.17. The molecule has 1 fully saturated rings. The predicted molar refractivity (Wildman–Crippen MR) is 127 cm³/mol. The highest BCUT2D eigenvalue weighted by Crippen LogP contribution is 2.44. The quantitative estimate of drug-likeness (QED) is 0.302. The second-order valence-corrected chi connectivity index (χ2v) is 7.79. The van der Waals surface area contributed by atoms with Crippen LogP contribution in [0.5, 0.6) is 11.5 Å². The number of benzene rings is 3. The molecule has 0 bridgehead atoms. The molecule has 1 amide bonds. The van der Waals surface area contributed by atoms with Gasteiger partial charge in [-0.15, -0.1) is 0 Å². The van der Waals surface area contributed by atoms with Crippen molar-refractivity contribution in [3.8, 4) is 11.5 Å². The molecule has 0 aromatic heterocycles. The minimum atomic E-state index is -0.855. The highest BCUT2D eigenvalue weighted by atomic mass is 35.5. The number of aliphatic hydroxyl groups excluding tert-OH is 1. The molecule has 1 aliphatic heterocycles. The molecule has 1 aliphatic rings. The lowest BCUT2D eigenvalue weighted by Crippen LogP contribution is -2.29. The summed E-state index contributed by atoms with van der Waals surface area (Å²) < 4.78 is 10.9. The second kappa shape index (κ2) is 9.38. The van der Waals surface area contributed by atoms with E-state index in [1.165, 1.54) is 18.1 Å².